The van der Waals surface area contributed by atoms with Gasteiger partial charge in [-0.1, -0.05) is 60.7 Å². The minimum Gasteiger partial charge on any atom is -0.342 e. The maximum absolute atomic E-state index is 10.8. The highest BCUT2D eigenvalue weighted by Crippen LogP contribution is 2.24. The van der Waals surface area contributed by atoms with Gasteiger partial charge in [0.05, 0.1) is 11.1 Å². The Morgan fingerprint density at radius 3 is 2.56 bits per heavy atom. The predicted molar refractivity (Wildman–Crippen MR) is 127 cm³/mol. The van der Waals surface area contributed by atoms with Crippen molar-refractivity contribution in [2.75, 3.05) is 5.43 Å². The lowest BCUT2D eigenvalue weighted by molar-refractivity contribution is -0.385. The van der Waals surface area contributed by atoms with E-state index >= 15 is 0 Å². The smallest absolute Gasteiger partial charge is 0.287 e. The fraction of sp³-hybridized carbons (Fsp3) is 0.0400. The summed E-state index contributed by atoms with van der Waals surface area (Å²) in [5.41, 5.74) is 6.11. The van der Waals surface area contributed by atoms with E-state index in [2.05, 4.69) is 80.9 Å². The van der Waals surface area contributed by atoms with Crippen LogP contribution in [0.2, 0.25) is 0 Å². The number of anilines is 1. The van der Waals surface area contributed by atoms with Crippen LogP contribution in [0.1, 0.15) is 11.1 Å². The van der Waals surface area contributed by atoms with Crippen molar-refractivity contribution >= 4 is 39.4 Å². The van der Waals surface area contributed by atoms with E-state index < -0.39 is 4.92 Å². The van der Waals surface area contributed by atoms with E-state index in [9.17, 15) is 10.1 Å². The molecule has 2 heterocycles. The van der Waals surface area contributed by atoms with E-state index in [1.807, 2.05) is 12.1 Å². The molecular formula is C25H19N5O2. The molecule has 0 aliphatic heterocycles. The van der Waals surface area contributed by atoms with Crippen molar-refractivity contribution in [3.63, 3.8) is 0 Å². The summed E-state index contributed by atoms with van der Waals surface area (Å²) in [7, 11) is 0. The molecule has 0 aliphatic rings. The Balaban J connectivity index is 1.43. The molecule has 5 rings (SSSR count). The lowest BCUT2D eigenvalue weighted by Gasteiger charge is -2.09. The van der Waals surface area contributed by atoms with Gasteiger partial charge < -0.3 is 4.57 Å². The van der Waals surface area contributed by atoms with Gasteiger partial charge >= 0.3 is 0 Å². The number of para-hydroxylation sites is 1. The van der Waals surface area contributed by atoms with Crippen LogP contribution >= 0.6 is 0 Å². The van der Waals surface area contributed by atoms with Gasteiger partial charge in [-0.25, -0.2) is 4.98 Å². The molecule has 5 aromatic rings. The van der Waals surface area contributed by atoms with E-state index in [4.69, 9.17) is 0 Å². The molecule has 0 fully saturated rings. The molecule has 0 radical (unpaired) electrons. The van der Waals surface area contributed by atoms with Gasteiger partial charge in [0, 0.05) is 35.3 Å². The molecule has 7 heteroatoms. The minimum absolute atomic E-state index is 0.0592. The topological polar surface area (TPSA) is 85.4 Å². The Kier molecular flexibility index (Phi) is 5.05. The molecule has 0 aliphatic carbocycles. The molecule has 0 saturated heterocycles. The highest BCUT2D eigenvalue weighted by Gasteiger charge is 2.09. The third-order valence-corrected chi connectivity index (χ3v) is 5.38. The van der Waals surface area contributed by atoms with Crippen molar-refractivity contribution in [2.24, 2.45) is 5.10 Å². The summed E-state index contributed by atoms with van der Waals surface area (Å²) in [6.07, 6.45) is 5.03. The van der Waals surface area contributed by atoms with E-state index in [0.717, 1.165) is 23.0 Å². The van der Waals surface area contributed by atoms with E-state index in [-0.39, 0.29) is 5.69 Å². The van der Waals surface area contributed by atoms with Gasteiger partial charge in [-0.15, -0.1) is 0 Å². The van der Waals surface area contributed by atoms with E-state index in [1.54, 1.807) is 6.21 Å². The molecule has 0 spiro atoms. The molecule has 0 amide bonds. The Labute approximate surface area is 183 Å². The van der Waals surface area contributed by atoms with Crippen molar-refractivity contribution in [3.05, 3.63) is 112 Å². The third kappa shape index (κ3) is 3.79. The zero-order valence-electron chi connectivity index (χ0n) is 17.1. The summed E-state index contributed by atoms with van der Waals surface area (Å²) in [4.78, 5) is 14.3. The van der Waals surface area contributed by atoms with Gasteiger partial charge in [-0.2, -0.15) is 5.10 Å². The Hall–Kier alpha value is -4.52. The second kappa shape index (κ2) is 8.31. The van der Waals surface area contributed by atoms with Crippen LogP contribution in [0.3, 0.4) is 0 Å². The summed E-state index contributed by atoms with van der Waals surface area (Å²) >= 11 is 0. The second-order valence-corrected chi connectivity index (χ2v) is 7.40. The van der Waals surface area contributed by atoms with Crippen LogP contribution in [0.4, 0.5) is 11.5 Å². The maximum atomic E-state index is 10.8. The molecule has 7 nitrogen and oxygen atoms in total. The molecule has 32 heavy (non-hydrogen) atoms. The molecule has 0 atom stereocenters. The Morgan fingerprint density at radius 1 is 0.969 bits per heavy atom. The zero-order chi connectivity index (χ0) is 21.9. The summed E-state index contributed by atoms with van der Waals surface area (Å²) in [5, 5.41) is 18.6. The summed E-state index contributed by atoms with van der Waals surface area (Å²) in [6.45, 7) is 0.743. The van der Waals surface area contributed by atoms with Gasteiger partial charge in [0.25, 0.3) is 5.69 Å². The first-order chi connectivity index (χ1) is 15.7. The van der Waals surface area contributed by atoms with Gasteiger partial charge in [-0.3, -0.25) is 15.5 Å². The fourth-order valence-corrected chi connectivity index (χ4v) is 3.85. The summed E-state index contributed by atoms with van der Waals surface area (Å²) < 4.78 is 2.22. The molecule has 3 aromatic carbocycles. The number of aromatic nitrogens is 2. The van der Waals surface area contributed by atoms with Crippen molar-refractivity contribution in [1.29, 1.82) is 0 Å². The van der Waals surface area contributed by atoms with Crippen LogP contribution in [0.15, 0.2) is 96.4 Å². The number of hydrazone groups is 1. The Morgan fingerprint density at radius 2 is 1.75 bits per heavy atom. The summed E-state index contributed by atoms with van der Waals surface area (Å²) in [5.74, 6) is 0.436. The average Bonchev–Trinajstić information content (AvgIpc) is 3.17. The molecule has 0 bridgehead atoms. The third-order valence-electron chi connectivity index (χ3n) is 5.38. The van der Waals surface area contributed by atoms with Crippen LogP contribution in [0.25, 0.3) is 21.7 Å². The highest BCUT2D eigenvalue weighted by atomic mass is 16.6. The number of pyridine rings is 1. The lowest BCUT2D eigenvalue weighted by atomic mass is 10.0. The standard InChI is InChI=1S/C25H19N5O2/c31-30(32)21-12-13-25(26-15-21)28-27-14-20-17-29(24-11-4-3-10-23(20)24)16-19-8-5-7-18-6-1-2-9-22(18)19/h1-15,17H,16H2,(H,26,28)/b27-14-. The number of hydrogen-bond acceptors (Lipinski definition) is 5. The first kappa shape index (κ1) is 19.4. The van der Waals surface area contributed by atoms with Crippen LogP contribution in [0, 0.1) is 10.1 Å². The minimum atomic E-state index is -0.481. The number of hydrogen-bond donors (Lipinski definition) is 1. The first-order valence-corrected chi connectivity index (χ1v) is 10.1. The first-order valence-electron chi connectivity index (χ1n) is 10.1. The van der Waals surface area contributed by atoms with Gasteiger partial charge in [0.15, 0.2) is 0 Å². The van der Waals surface area contributed by atoms with Gasteiger partial charge in [0.2, 0.25) is 0 Å². The molecule has 0 unspecified atom stereocenters. The molecule has 156 valence electrons. The summed E-state index contributed by atoms with van der Waals surface area (Å²) in [6, 6.07) is 25.9. The Bertz CT molecular complexity index is 1450. The number of nitro groups is 1. The number of nitrogens with one attached hydrogen (secondary N) is 1. The largest absolute Gasteiger partial charge is 0.342 e. The quantitative estimate of drug-likeness (QED) is 0.220. The normalized spacial score (nSPS) is 11.4. The molecule has 0 saturated carbocycles. The van der Waals surface area contributed by atoms with Crippen molar-refractivity contribution in [3.8, 4) is 0 Å². The zero-order valence-corrected chi connectivity index (χ0v) is 17.1. The fourth-order valence-electron chi connectivity index (χ4n) is 3.85. The van der Waals surface area contributed by atoms with Crippen molar-refractivity contribution in [2.45, 2.75) is 6.54 Å². The highest BCUT2D eigenvalue weighted by molar-refractivity contribution is 5.99. The SMILES string of the molecule is O=[N+]([O-])c1ccc(N/N=C\c2cn(Cc3cccc4ccccc34)c3ccccc23)nc1. The number of fused-ring (bicyclic) bond motifs is 2. The molecular weight excluding hydrogens is 402 g/mol. The second-order valence-electron chi connectivity index (χ2n) is 7.40. The van der Waals surface area contributed by atoms with Crippen molar-refractivity contribution in [1.82, 2.24) is 9.55 Å². The maximum Gasteiger partial charge on any atom is 0.287 e. The predicted octanol–water partition coefficient (Wildman–Crippen LogP) is 5.59. The van der Waals surface area contributed by atoms with Crippen LogP contribution in [0.5, 0.6) is 0 Å². The van der Waals surface area contributed by atoms with Crippen LogP contribution < -0.4 is 5.43 Å². The lowest BCUT2D eigenvalue weighted by Crippen LogP contribution is -1.98. The van der Waals surface area contributed by atoms with Gasteiger partial charge in [0.1, 0.15) is 12.0 Å². The molecule has 2 aromatic heterocycles. The molecule has 1 N–H and O–H groups in total. The van der Waals surface area contributed by atoms with Gasteiger partial charge in [-0.05, 0) is 28.5 Å². The number of benzene rings is 3. The number of nitrogens with zero attached hydrogens (tertiary/aromatic N) is 4. The average molecular weight is 421 g/mol. The van der Waals surface area contributed by atoms with E-state index in [0.29, 0.717) is 5.82 Å². The van der Waals surface area contributed by atoms with Crippen molar-refractivity contribution < 1.29 is 4.92 Å². The van der Waals surface area contributed by atoms with E-state index in [1.165, 1.54) is 34.7 Å². The monoisotopic (exact) mass is 421 g/mol. The van der Waals surface area contributed by atoms with Crippen LogP contribution in [-0.2, 0) is 6.54 Å². The van der Waals surface area contributed by atoms with Crippen LogP contribution in [-0.4, -0.2) is 20.7 Å². The number of rotatable bonds is 6.